The van der Waals surface area contributed by atoms with E-state index < -0.39 is 23.9 Å². The third kappa shape index (κ3) is 4.46. The Hall–Kier alpha value is -3.14. The average Bonchev–Trinajstić information content (AvgIpc) is 3.44. The summed E-state index contributed by atoms with van der Waals surface area (Å²) in [4.78, 5) is 24.8. The molecule has 0 aliphatic carbocycles. The van der Waals surface area contributed by atoms with E-state index in [4.69, 9.17) is 33.2 Å². The number of fused-ring (bicyclic) bond motifs is 1. The second-order valence-corrected chi connectivity index (χ2v) is 8.66. The molecule has 182 valence electrons. The number of hydrogen-bond acceptors (Lipinski definition) is 9. The highest BCUT2D eigenvalue weighted by atomic mass is 79.9. The van der Waals surface area contributed by atoms with Gasteiger partial charge in [-0.25, -0.2) is 0 Å². The average molecular weight is 537 g/mol. The van der Waals surface area contributed by atoms with Gasteiger partial charge in [-0.1, -0.05) is 6.07 Å². The zero-order valence-corrected chi connectivity index (χ0v) is 20.8. The fourth-order valence-electron chi connectivity index (χ4n) is 4.34. The largest absolute Gasteiger partial charge is 0.493 e. The van der Waals surface area contributed by atoms with Crippen molar-refractivity contribution in [3.8, 4) is 28.7 Å². The highest BCUT2D eigenvalue weighted by molar-refractivity contribution is 9.10. The maximum atomic E-state index is 12.8. The maximum Gasteiger partial charge on any atom is 0.309 e. The topological polar surface area (TPSA) is 98.8 Å². The first-order chi connectivity index (χ1) is 16.4. The van der Waals surface area contributed by atoms with Crippen molar-refractivity contribution in [1.29, 1.82) is 0 Å². The van der Waals surface area contributed by atoms with Crippen LogP contribution in [-0.2, 0) is 25.5 Å². The number of hydrogen-bond donors (Lipinski definition) is 0. The summed E-state index contributed by atoms with van der Waals surface area (Å²) >= 11 is 3.57. The minimum Gasteiger partial charge on any atom is -0.493 e. The Labute approximate surface area is 205 Å². The minimum absolute atomic E-state index is 0.109. The highest BCUT2D eigenvalue weighted by Crippen LogP contribution is 2.47. The monoisotopic (exact) mass is 536 g/mol. The van der Waals surface area contributed by atoms with E-state index in [9.17, 15) is 9.59 Å². The Bertz CT molecular complexity index is 1100. The standard InChI is InChI=1S/C24H25BrO9/c1-12(26)34-21(13-5-6-17-18(8-13)33-11-32-17)16-10-31-24(27)15(16)7-14-9-19(28-2)22(29-3)23(30-4)20(14)25/h5-6,8-9,15-16,21H,7,10-11H2,1-4H3/t15?,16?,21-/m0/s1. The van der Waals surface area contributed by atoms with Gasteiger partial charge in [0.25, 0.3) is 0 Å². The molecule has 2 heterocycles. The number of ether oxygens (including phenoxy) is 7. The SMILES string of the molecule is COc1cc(CC2C(=O)OCC2[C@@H](OC(C)=O)c2ccc3c(c2)OCO3)c(Br)c(OC)c1OC. The minimum atomic E-state index is -0.718. The zero-order valence-electron chi connectivity index (χ0n) is 19.2. The Balaban J connectivity index is 1.70. The number of esters is 2. The second-order valence-electron chi connectivity index (χ2n) is 7.87. The van der Waals surface area contributed by atoms with Gasteiger partial charge < -0.3 is 33.2 Å². The molecule has 1 fully saturated rings. The molecule has 0 bridgehead atoms. The van der Waals surface area contributed by atoms with Crippen LogP contribution in [-0.4, -0.2) is 46.7 Å². The van der Waals surface area contributed by atoms with Crippen molar-refractivity contribution >= 4 is 27.9 Å². The quantitative estimate of drug-likeness (QED) is 0.466. The van der Waals surface area contributed by atoms with Crippen LogP contribution in [0.15, 0.2) is 28.7 Å². The molecule has 34 heavy (non-hydrogen) atoms. The first-order valence-corrected chi connectivity index (χ1v) is 11.4. The summed E-state index contributed by atoms with van der Waals surface area (Å²) in [6, 6.07) is 7.12. The van der Waals surface area contributed by atoms with Gasteiger partial charge in [-0.3, -0.25) is 9.59 Å². The van der Waals surface area contributed by atoms with Crippen molar-refractivity contribution in [1.82, 2.24) is 0 Å². The molecule has 0 aromatic heterocycles. The van der Waals surface area contributed by atoms with E-state index in [1.54, 1.807) is 24.3 Å². The molecule has 2 aliphatic heterocycles. The lowest BCUT2D eigenvalue weighted by molar-refractivity contribution is -0.150. The van der Waals surface area contributed by atoms with E-state index in [0.717, 1.165) is 5.56 Å². The maximum absolute atomic E-state index is 12.8. The van der Waals surface area contributed by atoms with Gasteiger partial charge in [0.2, 0.25) is 12.5 Å². The lowest BCUT2D eigenvalue weighted by atomic mass is 9.82. The smallest absolute Gasteiger partial charge is 0.309 e. The van der Waals surface area contributed by atoms with Crippen LogP contribution in [0.3, 0.4) is 0 Å². The molecule has 2 unspecified atom stereocenters. The Kier molecular flexibility index (Phi) is 7.06. The summed E-state index contributed by atoms with van der Waals surface area (Å²) < 4.78 is 39.1. The van der Waals surface area contributed by atoms with Gasteiger partial charge in [-0.05, 0) is 51.7 Å². The molecule has 3 atom stereocenters. The number of carbonyl (C=O) groups excluding carboxylic acids is 2. The molecule has 2 aromatic carbocycles. The van der Waals surface area contributed by atoms with Gasteiger partial charge in [-0.15, -0.1) is 0 Å². The van der Waals surface area contributed by atoms with E-state index in [1.807, 2.05) is 0 Å². The van der Waals surface area contributed by atoms with E-state index in [0.29, 0.717) is 45.2 Å². The number of rotatable bonds is 8. The van der Waals surface area contributed by atoms with E-state index in [1.165, 1.54) is 28.3 Å². The van der Waals surface area contributed by atoms with Crippen molar-refractivity contribution in [3.63, 3.8) is 0 Å². The Morgan fingerprint density at radius 1 is 1.06 bits per heavy atom. The third-order valence-corrected chi connectivity index (χ3v) is 6.80. The van der Waals surface area contributed by atoms with Crippen LogP contribution >= 0.6 is 15.9 Å². The molecule has 0 radical (unpaired) electrons. The normalized spacial score (nSPS) is 19.4. The van der Waals surface area contributed by atoms with Gasteiger partial charge in [0.05, 0.1) is 38.3 Å². The number of benzene rings is 2. The van der Waals surface area contributed by atoms with Crippen LogP contribution in [0.4, 0.5) is 0 Å². The lowest BCUT2D eigenvalue weighted by Crippen LogP contribution is -2.27. The summed E-state index contributed by atoms with van der Waals surface area (Å²) in [5.41, 5.74) is 1.45. The molecule has 9 nitrogen and oxygen atoms in total. The summed E-state index contributed by atoms with van der Waals surface area (Å²) in [6.45, 7) is 1.57. The van der Waals surface area contributed by atoms with Crippen LogP contribution in [0.2, 0.25) is 0 Å². The number of methoxy groups -OCH3 is 3. The molecular formula is C24H25BrO9. The van der Waals surface area contributed by atoms with Crippen molar-refractivity contribution in [2.75, 3.05) is 34.7 Å². The van der Waals surface area contributed by atoms with Crippen LogP contribution < -0.4 is 23.7 Å². The van der Waals surface area contributed by atoms with Gasteiger partial charge in [-0.2, -0.15) is 0 Å². The molecule has 0 amide bonds. The first-order valence-electron chi connectivity index (χ1n) is 10.6. The summed E-state index contributed by atoms with van der Waals surface area (Å²) in [5, 5.41) is 0. The highest BCUT2D eigenvalue weighted by Gasteiger charge is 2.44. The van der Waals surface area contributed by atoms with Crippen LogP contribution in [0.5, 0.6) is 28.7 Å². The van der Waals surface area contributed by atoms with E-state index in [-0.39, 0.29) is 19.4 Å². The second kappa shape index (κ2) is 10.0. The Morgan fingerprint density at radius 3 is 2.47 bits per heavy atom. The molecule has 10 heteroatoms. The fourth-order valence-corrected chi connectivity index (χ4v) is 4.96. The van der Waals surface area contributed by atoms with Gasteiger partial charge >= 0.3 is 11.9 Å². The zero-order chi connectivity index (χ0) is 24.4. The molecule has 0 N–H and O–H groups in total. The summed E-state index contributed by atoms with van der Waals surface area (Å²) in [6.07, 6.45) is -0.424. The molecule has 2 aromatic rings. The number of cyclic esters (lactones) is 1. The van der Waals surface area contributed by atoms with Crippen molar-refractivity contribution in [2.45, 2.75) is 19.4 Å². The predicted molar refractivity (Wildman–Crippen MR) is 123 cm³/mol. The van der Waals surface area contributed by atoms with Crippen molar-refractivity contribution < 1.29 is 42.7 Å². The van der Waals surface area contributed by atoms with Crippen LogP contribution in [0, 0.1) is 11.8 Å². The van der Waals surface area contributed by atoms with Crippen molar-refractivity contribution in [2.24, 2.45) is 11.8 Å². The number of halogens is 1. The first kappa shape index (κ1) is 24.0. The predicted octanol–water partition coefficient (Wildman–Crippen LogP) is 3.84. The fraction of sp³-hybridized carbons (Fsp3) is 0.417. The Morgan fingerprint density at radius 2 is 1.79 bits per heavy atom. The third-order valence-electron chi connectivity index (χ3n) is 5.93. The van der Waals surface area contributed by atoms with E-state index >= 15 is 0 Å². The van der Waals surface area contributed by atoms with Crippen molar-refractivity contribution in [3.05, 3.63) is 39.9 Å². The molecule has 2 aliphatic rings. The lowest BCUT2D eigenvalue weighted by Gasteiger charge is -2.26. The molecule has 0 spiro atoms. The van der Waals surface area contributed by atoms with Gasteiger partial charge in [0.1, 0.15) is 6.10 Å². The molecule has 1 saturated heterocycles. The molecule has 0 saturated carbocycles. The number of carbonyl (C=O) groups is 2. The molecule has 4 rings (SSSR count). The van der Waals surface area contributed by atoms with Crippen LogP contribution in [0.25, 0.3) is 0 Å². The molecular weight excluding hydrogens is 512 g/mol. The van der Waals surface area contributed by atoms with E-state index in [2.05, 4.69) is 15.9 Å². The van der Waals surface area contributed by atoms with Gasteiger partial charge in [0, 0.05) is 12.8 Å². The van der Waals surface area contributed by atoms with Gasteiger partial charge in [0.15, 0.2) is 23.0 Å². The summed E-state index contributed by atoms with van der Waals surface area (Å²) in [7, 11) is 4.57. The van der Waals surface area contributed by atoms with Crippen LogP contribution in [0.1, 0.15) is 24.2 Å². The summed E-state index contributed by atoms with van der Waals surface area (Å²) in [5.74, 6) is 0.671.